The van der Waals surface area contributed by atoms with Crippen molar-refractivity contribution in [3.05, 3.63) is 41.5 Å². The van der Waals surface area contributed by atoms with E-state index in [0.717, 1.165) is 38.4 Å². The molecule has 8 heteroatoms. The summed E-state index contributed by atoms with van der Waals surface area (Å²) in [4.78, 5) is 29.0. The van der Waals surface area contributed by atoms with Crippen LogP contribution in [-0.2, 0) is 0 Å². The lowest BCUT2D eigenvalue weighted by Crippen LogP contribution is -2.57. The van der Waals surface area contributed by atoms with Crippen LogP contribution in [0.2, 0.25) is 0 Å². The van der Waals surface area contributed by atoms with E-state index in [1.807, 2.05) is 12.1 Å². The van der Waals surface area contributed by atoms with Crippen molar-refractivity contribution in [3.8, 4) is 6.07 Å². The highest BCUT2D eigenvalue weighted by atomic mass is 16.2. The van der Waals surface area contributed by atoms with Crippen molar-refractivity contribution >= 4 is 11.6 Å². The van der Waals surface area contributed by atoms with Gasteiger partial charge in [0.2, 0.25) is 0 Å². The Bertz CT molecular complexity index is 1040. The number of nitrogens with one attached hydrogen (secondary N) is 2. The van der Waals surface area contributed by atoms with Gasteiger partial charge in [-0.2, -0.15) is 5.26 Å². The van der Waals surface area contributed by atoms with Crippen molar-refractivity contribution in [2.75, 3.05) is 46.3 Å². The zero-order valence-corrected chi connectivity index (χ0v) is 22.1. The molecule has 2 aliphatic carbocycles. The Morgan fingerprint density at radius 1 is 1.28 bits per heavy atom. The van der Waals surface area contributed by atoms with E-state index in [0.29, 0.717) is 12.0 Å². The highest BCUT2D eigenvalue weighted by Crippen LogP contribution is 2.48. The smallest absolute Gasteiger partial charge is 0.287 e. The highest BCUT2D eigenvalue weighted by molar-refractivity contribution is 6.02. The van der Waals surface area contributed by atoms with Gasteiger partial charge in [0, 0.05) is 32.7 Å². The Morgan fingerprint density at radius 3 is 2.67 bits per heavy atom. The largest absolute Gasteiger partial charge is 0.346 e. The maximum atomic E-state index is 12.3. The topological polar surface area (TPSA) is 100 Å². The Hall–Kier alpha value is -2.76. The number of aromatic amines is 1. The molecule has 2 heterocycles. The maximum Gasteiger partial charge on any atom is 0.287 e. The third-order valence-corrected chi connectivity index (χ3v) is 8.41. The molecule has 1 saturated heterocycles. The number of H-pyrrole nitrogens is 1. The van der Waals surface area contributed by atoms with Crippen LogP contribution in [0.15, 0.2) is 35.0 Å². The number of amides is 1. The zero-order chi connectivity index (χ0) is 25.6. The van der Waals surface area contributed by atoms with Crippen LogP contribution in [0, 0.1) is 16.7 Å². The normalized spacial score (nSPS) is 21.6. The van der Waals surface area contributed by atoms with Gasteiger partial charge in [0.1, 0.15) is 11.8 Å². The number of hydrogen-bond acceptors (Lipinski definition) is 6. The van der Waals surface area contributed by atoms with E-state index < -0.39 is 0 Å². The molecule has 3 aliphatic rings. The van der Waals surface area contributed by atoms with Gasteiger partial charge in [-0.05, 0) is 64.5 Å². The number of hydrogen-bond donors (Lipinski definition) is 2. The first kappa shape index (κ1) is 26.3. The van der Waals surface area contributed by atoms with Gasteiger partial charge in [-0.25, -0.2) is 4.98 Å². The van der Waals surface area contributed by atoms with Gasteiger partial charge in [-0.15, -0.1) is 0 Å². The molecule has 1 aromatic rings. The summed E-state index contributed by atoms with van der Waals surface area (Å²) >= 11 is 0. The number of rotatable bonds is 8. The summed E-state index contributed by atoms with van der Waals surface area (Å²) in [7, 11) is 2.17. The van der Waals surface area contributed by atoms with Crippen molar-refractivity contribution in [1.29, 1.82) is 5.26 Å². The molecular formula is C28H41N7O. The summed E-state index contributed by atoms with van der Waals surface area (Å²) in [5, 5.41) is 11.8. The van der Waals surface area contributed by atoms with Crippen LogP contribution in [0.25, 0.3) is 0 Å². The minimum atomic E-state index is -0.328. The maximum absolute atomic E-state index is 12.3. The average molecular weight is 492 g/mol. The fraction of sp³-hybridized carbons (Fsp3) is 0.643. The number of piperazine rings is 1. The minimum absolute atomic E-state index is 0.149. The average Bonchev–Trinajstić information content (AvgIpc) is 3.55. The second kappa shape index (κ2) is 11.5. The molecule has 0 unspecified atom stereocenters. The summed E-state index contributed by atoms with van der Waals surface area (Å²) in [6.45, 7) is 9.77. The molecule has 194 valence electrons. The molecule has 1 saturated carbocycles. The predicted octanol–water partition coefficient (Wildman–Crippen LogP) is 3.71. The van der Waals surface area contributed by atoms with E-state index in [-0.39, 0.29) is 23.0 Å². The van der Waals surface area contributed by atoms with E-state index in [1.165, 1.54) is 56.7 Å². The van der Waals surface area contributed by atoms with Gasteiger partial charge in [-0.1, -0.05) is 30.6 Å². The van der Waals surface area contributed by atoms with Gasteiger partial charge in [-0.3, -0.25) is 14.7 Å². The number of likely N-dealkylation sites (N-methyl/N-ethyl adjacent to an activating group) is 1. The van der Waals surface area contributed by atoms with Crippen molar-refractivity contribution in [2.24, 2.45) is 10.4 Å². The van der Waals surface area contributed by atoms with Crippen LogP contribution in [0.1, 0.15) is 75.1 Å². The molecule has 1 aromatic heterocycles. The molecule has 36 heavy (non-hydrogen) atoms. The van der Waals surface area contributed by atoms with Crippen molar-refractivity contribution < 1.29 is 4.79 Å². The summed E-state index contributed by atoms with van der Waals surface area (Å²) < 4.78 is 0. The number of nitriles is 1. The van der Waals surface area contributed by atoms with E-state index in [4.69, 9.17) is 10.3 Å². The van der Waals surface area contributed by atoms with Crippen LogP contribution in [0.3, 0.4) is 0 Å². The Labute approximate surface area is 215 Å². The number of nitrogens with zero attached hydrogens (tertiary/aromatic N) is 5. The first-order valence-corrected chi connectivity index (χ1v) is 13.4. The molecule has 4 rings (SSSR count). The van der Waals surface area contributed by atoms with Gasteiger partial charge in [0.25, 0.3) is 5.91 Å². The van der Waals surface area contributed by atoms with E-state index in [9.17, 15) is 4.79 Å². The molecule has 8 nitrogen and oxygen atoms in total. The number of allylic oxidation sites excluding steroid dienone is 1. The van der Waals surface area contributed by atoms with Crippen LogP contribution in [0.4, 0.5) is 0 Å². The van der Waals surface area contributed by atoms with Crippen LogP contribution < -0.4 is 5.32 Å². The number of imidazole rings is 1. The van der Waals surface area contributed by atoms with E-state index >= 15 is 0 Å². The molecule has 0 radical (unpaired) electrons. The van der Waals surface area contributed by atoms with Crippen LogP contribution in [-0.4, -0.2) is 83.2 Å². The molecular weight excluding hydrogens is 450 g/mol. The van der Waals surface area contributed by atoms with Crippen molar-refractivity contribution in [3.63, 3.8) is 0 Å². The Morgan fingerprint density at radius 2 is 2.03 bits per heavy atom. The summed E-state index contributed by atoms with van der Waals surface area (Å²) in [6, 6.07) is 1.95. The minimum Gasteiger partial charge on any atom is -0.346 e. The second-order valence-corrected chi connectivity index (χ2v) is 11.2. The number of carbonyl (C=O) groups excluding carboxylic acids is 1. The summed E-state index contributed by atoms with van der Waals surface area (Å²) in [6.07, 6.45) is 17.2. The summed E-state index contributed by atoms with van der Waals surface area (Å²) in [5.41, 5.74) is 3.16. The third-order valence-electron chi connectivity index (χ3n) is 8.41. The molecule has 2 fully saturated rings. The fourth-order valence-corrected chi connectivity index (χ4v) is 5.78. The second-order valence-electron chi connectivity index (χ2n) is 11.2. The van der Waals surface area contributed by atoms with E-state index in [2.05, 4.69) is 58.1 Å². The molecule has 1 spiro atoms. The lowest BCUT2D eigenvalue weighted by atomic mass is 9.74. The van der Waals surface area contributed by atoms with E-state index in [1.54, 1.807) is 0 Å². The Balaban J connectivity index is 1.43. The van der Waals surface area contributed by atoms with Gasteiger partial charge in [0.15, 0.2) is 5.82 Å². The van der Waals surface area contributed by atoms with Gasteiger partial charge < -0.3 is 15.2 Å². The van der Waals surface area contributed by atoms with Gasteiger partial charge >= 0.3 is 0 Å². The molecule has 1 aliphatic heterocycles. The standard InChI is InChI=1S/C28H41N7O/c1-27(2,35-17-15-34(3)16-18-35)24(7-6-14-30-26(36)25-32-21-23(19-29)33-25)31-20-22-8-12-28(13-9-22)10-4-5-11-28/h6-8,21H,4-5,9-18,20H2,1-3H3,(H,30,36)(H,32,33)/b7-6-,31-24?. The fourth-order valence-electron chi connectivity index (χ4n) is 5.78. The first-order valence-electron chi connectivity index (χ1n) is 13.4. The molecule has 0 atom stereocenters. The molecule has 0 aromatic carbocycles. The Kier molecular flexibility index (Phi) is 8.43. The zero-order valence-electron chi connectivity index (χ0n) is 22.1. The van der Waals surface area contributed by atoms with Crippen LogP contribution >= 0.6 is 0 Å². The van der Waals surface area contributed by atoms with Gasteiger partial charge in [0.05, 0.1) is 24.0 Å². The first-order chi connectivity index (χ1) is 17.3. The monoisotopic (exact) mass is 491 g/mol. The SMILES string of the molecule is CN1CCN(C(C)(C)C(/C=C\CNC(=O)c2ncc(C#N)[nH]2)=NCC2=CCC3(CCCC3)CC2)CC1. The third kappa shape index (κ3) is 6.32. The number of aliphatic imine (C=N–C) groups is 1. The van der Waals surface area contributed by atoms with Crippen LogP contribution in [0.5, 0.6) is 0 Å². The lowest BCUT2D eigenvalue weighted by molar-refractivity contribution is 0.0948. The molecule has 1 amide bonds. The quantitative estimate of drug-likeness (QED) is 0.427. The number of carbonyl (C=O) groups is 1. The highest BCUT2D eigenvalue weighted by Gasteiger charge is 2.35. The van der Waals surface area contributed by atoms with Crippen molar-refractivity contribution in [1.82, 2.24) is 25.1 Å². The predicted molar refractivity (Wildman–Crippen MR) is 143 cm³/mol. The van der Waals surface area contributed by atoms with Crippen molar-refractivity contribution in [2.45, 2.75) is 64.3 Å². The lowest BCUT2D eigenvalue weighted by Gasteiger charge is -2.43. The molecule has 0 bridgehead atoms. The molecule has 2 N–H and O–H groups in total. The summed E-state index contributed by atoms with van der Waals surface area (Å²) in [5.74, 6) is -0.179. The number of aromatic nitrogens is 2.